The summed E-state index contributed by atoms with van der Waals surface area (Å²) in [6.07, 6.45) is 12.0. The van der Waals surface area contributed by atoms with Crippen molar-refractivity contribution in [3.63, 3.8) is 0 Å². The van der Waals surface area contributed by atoms with E-state index < -0.39 is 0 Å². The number of anilines is 1. The third-order valence-electron chi connectivity index (χ3n) is 3.03. The van der Waals surface area contributed by atoms with Crippen LogP contribution in [0, 0.1) is 18.3 Å². The van der Waals surface area contributed by atoms with Gasteiger partial charge in [-0.15, -0.1) is 6.42 Å². The minimum absolute atomic E-state index is 0.194. The number of hydrogen-bond acceptors (Lipinski definition) is 3. The second-order valence-corrected chi connectivity index (χ2v) is 5.34. The van der Waals surface area contributed by atoms with Gasteiger partial charge >= 0.3 is 0 Å². The maximum absolute atomic E-state index is 11.8. The molecule has 1 fully saturated rings. The molecule has 0 saturated heterocycles. The summed E-state index contributed by atoms with van der Waals surface area (Å²) in [7, 11) is 0. The Labute approximate surface area is 115 Å². The summed E-state index contributed by atoms with van der Waals surface area (Å²) in [5, 5.41) is 7.26. The maximum Gasteiger partial charge on any atom is 0.284 e. The van der Waals surface area contributed by atoms with Crippen molar-refractivity contribution in [2.45, 2.75) is 32.2 Å². The molecule has 0 bridgehead atoms. The van der Waals surface area contributed by atoms with E-state index in [9.17, 15) is 4.79 Å². The lowest BCUT2D eigenvalue weighted by Gasteiger charge is -2.09. The van der Waals surface area contributed by atoms with Crippen molar-refractivity contribution in [3.8, 4) is 12.3 Å². The first-order chi connectivity index (χ1) is 8.72. The molecule has 96 valence electrons. The molecular formula is C13H16BrN3O. The van der Waals surface area contributed by atoms with E-state index in [1.165, 1.54) is 23.9 Å². The van der Waals surface area contributed by atoms with Gasteiger partial charge in [0.2, 0.25) is 0 Å². The first-order valence-electron chi connectivity index (χ1n) is 6.15. The van der Waals surface area contributed by atoms with Crippen LogP contribution < -0.4 is 10.9 Å². The number of halogens is 1. The normalized spacial score (nSPS) is 14.2. The van der Waals surface area contributed by atoms with Gasteiger partial charge in [-0.1, -0.05) is 18.8 Å². The molecule has 0 unspecified atom stereocenters. The fourth-order valence-corrected chi connectivity index (χ4v) is 2.25. The molecule has 1 aromatic heterocycles. The lowest BCUT2D eigenvalue weighted by atomic mass is 10.2. The van der Waals surface area contributed by atoms with Crippen LogP contribution in [0.5, 0.6) is 0 Å². The van der Waals surface area contributed by atoms with Crippen LogP contribution in [0.3, 0.4) is 0 Å². The Morgan fingerprint density at radius 2 is 2.39 bits per heavy atom. The summed E-state index contributed by atoms with van der Waals surface area (Å²) in [6, 6.07) is 0. The molecule has 1 aliphatic rings. The van der Waals surface area contributed by atoms with E-state index in [-0.39, 0.29) is 12.1 Å². The Morgan fingerprint density at radius 3 is 3.06 bits per heavy atom. The molecule has 0 spiro atoms. The molecule has 0 aromatic carbocycles. The fraction of sp³-hybridized carbons (Fsp3) is 0.538. The molecule has 1 N–H and O–H groups in total. The molecule has 1 aliphatic carbocycles. The van der Waals surface area contributed by atoms with Crippen molar-refractivity contribution in [1.82, 2.24) is 9.78 Å². The highest BCUT2D eigenvalue weighted by atomic mass is 79.9. The standard InChI is InChI=1S/C13H16BrN3O/c1-2-8-17-13(18)12(14)11(9-16-17)15-7-3-4-10-5-6-10/h1,9-10,15H,3-8H2. The van der Waals surface area contributed by atoms with Crippen molar-refractivity contribution in [2.75, 3.05) is 11.9 Å². The van der Waals surface area contributed by atoms with Crippen LogP contribution in [0.15, 0.2) is 15.5 Å². The zero-order chi connectivity index (χ0) is 13.0. The molecule has 0 atom stereocenters. The summed E-state index contributed by atoms with van der Waals surface area (Å²) in [6.45, 7) is 1.06. The Balaban J connectivity index is 1.93. The van der Waals surface area contributed by atoms with E-state index in [4.69, 9.17) is 6.42 Å². The van der Waals surface area contributed by atoms with Gasteiger partial charge in [-0.25, -0.2) is 4.68 Å². The van der Waals surface area contributed by atoms with Gasteiger partial charge in [0.1, 0.15) is 11.0 Å². The van der Waals surface area contributed by atoms with Gasteiger partial charge in [-0.05, 0) is 34.7 Å². The molecule has 0 radical (unpaired) electrons. The largest absolute Gasteiger partial charge is 0.383 e. The predicted molar refractivity (Wildman–Crippen MR) is 75.5 cm³/mol. The topological polar surface area (TPSA) is 46.9 Å². The number of hydrogen-bond donors (Lipinski definition) is 1. The fourth-order valence-electron chi connectivity index (χ4n) is 1.81. The van der Waals surface area contributed by atoms with Gasteiger partial charge in [-0.3, -0.25) is 4.79 Å². The lowest BCUT2D eigenvalue weighted by molar-refractivity contribution is 0.657. The van der Waals surface area contributed by atoms with Gasteiger partial charge in [-0.2, -0.15) is 5.10 Å². The van der Waals surface area contributed by atoms with Gasteiger partial charge in [0.05, 0.1) is 11.9 Å². The number of nitrogens with one attached hydrogen (secondary N) is 1. The van der Waals surface area contributed by atoms with Crippen molar-refractivity contribution in [1.29, 1.82) is 0 Å². The summed E-state index contributed by atoms with van der Waals surface area (Å²) < 4.78 is 1.76. The average molecular weight is 310 g/mol. The summed E-state index contributed by atoms with van der Waals surface area (Å²) in [5.41, 5.74) is 0.546. The van der Waals surface area contributed by atoms with Crippen LogP contribution in [0.1, 0.15) is 25.7 Å². The second-order valence-electron chi connectivity index (χ2n) is 4.55. The Bertz CT molecular complexity index is 514. The monoisotopic (exact) mass is 309 g/mol. The number of nitrogens with zero attached hydrogens (tertiary/aromatic N) is 2. The van der Waals surface area contributed by atoms with Crippen LogP contribution in [0.25, 0.3) is 0 Å². The third kappa shape index (κ3) is 3.36. The van der Waals surface area contributed by atoms with E-state index >= 15 is 0 Å². The SMILES string of the molecule is C#CCn1ncc(NCCCC2CC2)c(Br)c1=O. The van der Waals surface area contributed by atoms with Crippen LogP contribution in [-0.2, 0) is 6.54 Å². The molecule has 2 rings (SSSR count). The lowest BCUT2D eigenvalue weighted by Crippen LogP contribution is -2.24. The van der Waals surface area contributed by atoms with Crippen LogP contribution in [-0.4, -0.2) is 16.3 Å². The highest BCUT2D eigenvalue weighted by Gasteiger charge is 2.20. The summed E-state index contributed by atoms with van der Waals surface area (Å²) in [4.78, 5) is 11.8. The highest BCUT2D eigenvalue weighted by molar-refractivity contribution is 9.10. The van der Waals surface area contributed by atoms with Gasteiger partial charge in [0.25, 0.3) is 5.56 Å². The van der Waals surface area contributed by atoms with E-state index in [0.717, 1.165) is 24.6 Å². The predicted octanol–water partition coefficient (Wildman–Crippen LogP) is 2.24. The zero-order valence-electron chi connectivity index (χ0n) is 10.2. The number of rotatable bonds is 6. The van der Waals surface area contributed by atoms with E-state index in [0.29, 0.717) is 4.47 Å². The third-order valence-corrected chi connectivity index (χ3v) is 3.79. The minimum Gasteiger partial charge on any atom is -0.383 e. The van der Waals surface area contributed by atoms with E-state index in [2.05, 4.69) is 32.3 Å². The van der Waals surface area contributed by atoms with Crippen molar-refractivity contribution >= 4 is 21.6 Å². The zero-order valence-corrected chi connectivity index (χ0v) is 11.7. The minimum atomic E-state index is -0.194. The number of aromatic nitrogens is 2. The molecule has 0 aliphatic heterocycles. The summed E-state index contributed by atoms with van der Waals surface area (Å²) >= 11 is 3.29. The molecule has 1 aromatic rings. The summed E-state index contributed by atoms with van der Waals surface area (Å²) in [5.74, 6) is 3.34. The van der Waals surface area contributed by atoms with Crippen LogP contribution >= 0.6 is 15.9 Å². The van der Waals surface area contributed by atoms with Crippen molar-refractivity contribution in [2.24, 2.45) is 5.92 Å². The maximum atomic E-state index is 11.8. The van der Waals surface area contributed by atoms with Crippen LogP contribution in [0.4, 0.5) is 5.69 Å². The van der Waals surface area contributed by atoms with E-state index in [1.54, 1.807) is 6.20 Å². The molecular weight excluding hydrogens is 294 g/mol. The first kappa shape index (κ1) is 13.2. The highest BCUT2D eigenvalue weighted by Crippen LogP contribution is 2.33. The van der Waals surface area contributed by atoms with Gasteiger partial charge < -0.3 is 5.32 Å². The second kappa shape index (κ2) is 6.05. The molecule has 18 heavy (non-hydrogen) atoms. The Kier molecular flexibility index (Phi) is 4.43. The van der Waals surface area contributed by atoms with Crippen molar-refractivity contribution < 1.29 is 0 Å². The smallest absolute Gasteiger partial charge is 0.284 e. The molecule has 1 saturated carbocycles. The molecule has 4 nitrogen and oxygen atoms in total. The average Bonchev–Trinajstić information content (AvgIpc) is 3.17. The Morgan fingerprint density at radius 1 is 1.61 bits per heavy atom. The molecule has 0 amide bonds. The van der Waals surface area contributed by atoms with Gasteiger partial charge in [0, 0.05) is 6.54 Å². The Hall–Kier alpha value is -1.28. The van der Waals surface area contributed by atoms with Gasteiger partial charge in [0.15, 0.2) is 0 Å². The van der Waals surface area contributed by atoms with Crippen LogP contribution in [0.2, 0.25) is 0 Å². The van der Waals surface area contributed by atoms with Crippen molar-refractivity contribution in [3.05, 3.63) is 21.0 Å². The first-order valence-corrected chi connectivity index (χ1v) is 6.94. The quantitative estimate of drug-likeness (QED) is 0.647. The number of terminal acetylenes is 1. The molecule has 5 heteroatoms. The molecule has 1 heterocycles. The van der Waals surface area contributed by atoms with E-state index in [1.807, 2.05) is 0 Å².